The number of ether oxygens (including phenoxy) is 1. The molecule has 0 aromatic carbocycles. The van der Waals surface area contributed by atoms with Crippen molar-refractivity contribution in [3.8, 4) is 0 Å². The maximum atomic E-state index is 11.8. The van der Waals surface area contributed by atoms with Crippen LogP contribution in [0.15, 0.2) is 11.6 Å². The van der Waals surface area contributed by atoms with E-state index in [-0.39, 0.29) is 29.7 Å². The summed E-state index contributed by atoms with van der Waals surface area (Å²) < 4.78 is 5.49. The van der Waals surface area contributed by atoms with Crippen molar-refractivity contribution in [3.63, 3.8) is 0 Å². The van der Waals surface area contributed by atoms with Crippen LogP contribution in [0.5, 0.6) is 0 Å². The molecule has 1 aliphatic heterocycles. The predicted molar refractivity (Wildman–Crippen MR) is 68.9 cm³/mol. The van der Waals surface area contributed by atoms with Gasteiger partial charge in [-0.3, -0.25) is 9.59 Å². The van der Waals surface area contributed by atoms with Crippen molar-refractivity contribution in [2.75, 3.05) is 0 Å². The summed E-state index contributed by atoms with van der Waals surface area (Å²) in [5.74, 6) is 0.805. The maximum absolute atomic E-state index is 11.8. The molecule has 0 spiro atoms. The fourth-order valence-corrected chi connectivity index (χ4v) is 2.94. The van der Waals surface area contributed by atoms with Gasteiger partial charge in [0.2, 0.25) is 0 Å². The van der Waals surface area contributed by atoms with Crippen LogP contribution in [-0.4, -0.2) is 17.9 Å². The quantitative estimate of drug-likeness (QED) is 0.621. The highest BCUT2D eigenvalue weighted by Crippen LogP contribution is 2.36. The number of Topliss-reactive ketones (excluding diaryl/α,β-unsaturated/α-hetero) is 1. The Morgan fingerprint density at radius 1 is 1.28 bits per heavy atom. The van der Waals surface area contributed by atoms with Gasteiger partial charge < -0.3 is 4.74 Å². The molecule has 100 valence electrons. The van der Waals surface area contributed by atoms with Crippen LogP contribution in [0.3, 0.4) is 0 Å². The average Bonchev–Trinajstić information content (AvgIpc) is 2.58. The van der Waals surface area contributed by atoms with Gasteiger partial charge in [-0.2, -0.15) is 0 Å². The van der Waals surface area contributed by atoms with Crippen LogP contribution in [0.4, 0.5) is 0 Å². The number of rotatable bonds is 0. The number of ketones is 1. The molecule has 2 rings (SSSR count). The van der Waals surface area contributed by atoms with Crippen LogP contribution < -0.4 is 0 Å². The maximum Gasteiger partial charge on any atom is 0.309 e. The molecule has 2 aliphatic rings. The van der Waals surface area contributed by atoms with Crippen LogP contribution in [0.25, 0.3) is 0 Å². The Kier molecular flexibility index (Phi) is 3.88. The van der Waals surface area contributed by atoms with Crippen molar-refractivity contribution in [3.05, 3.63) is 11.6 Å². The third kappa shape index (κ3) is 2.65. The lowest BCUT2D eigenvalue weighted by Crippen LogP contribution is -2.23. The summed E-state index contributed by atoms with van der Waals surface area (Å²) >= 11 is 0. The van der Waals surface area contributed by atoms with E-state index < -0.39 is 0 Å². The van der Waals surface area contributed by atoms with Gasteiger partial charge in [0.1, 0.15) is 6.10 Å². The van der Waals surface area contributed by atoms with E-state index in [0.717, 1.165) is 24.8 Å². The second-order valence-corrected chi connectivity index (χ2v) is 5.85. The summed E-state index contributed by atoms with van der Waals surface area (Å²) in [7, 11) is 0. The molecule has 0 unspecified atom stereocenters. The van der Waals surface area contributed by atoms with Gasteiger partial charge in [0.05, 0.1) is 5.92 Å². The van der Waals surface area contributed by atoms with Crippen molar-refractivity contribution in [2.45, 2.75) is 52.6 Å². The summed E-state index contributed by atoms with van der Waals surface area (Å²) in [4.78, 5) is 23.5. The Balaban J connectivity index is 2.21. The number of hydrogen-bond donors (Lipinski definition) is 0. The molecule has 18 heavy (non-hydrogen) atoms. The lowest BCUT2D eigenvalue weighted by Gasteiger charge is -2.23. The number of carbonyl (C=O) groups excluding carboxylic acids is 2. The normalized spacial score (nSPS) is 40.7. The SMILES string of the molecule is C/C1=C/C[C@@H]2[C@H](C)C(=O)O[C@@H]2C[C@H](C)CCC1=O. The van der Waals surface area contributed by atoms with Crippen molar-refractivity contribution < 1.29 is 14.3 Å². The predicted octanol–water partition coefficient (Wildman–Crippen LogP) is 2.89. The van der Waals surface area contributed by atoms with Gasteiger partial charge in [-0.25, -0.2) is 0 Å². The van der Waals surface area contributed by atoms with Gasteiger partial charge in [0.15, 0.2) is 5.78 Å². The highest BCUT2D eigenvalue weighted by atomic mass is 16.6. The number of carbonyl (C=O) groups is 2. The molecule has 1 fully saturated rings. The summed E-state index contributed by atoms with van der Waals surface area (Å²) in [6.07, 6.45) is 5.21. The summed E-state index contributed by atoms with van der Waals surface area (Å²) in [5.41, 5.74) is 0.842. The number of hydrogen-bond acceptors (Lipinski definition) is 3. The standard InChI is InChI=1S/C15H22O3/c1-9-4-7-13(16)10(2)5-6-12-11(3)15(17)18-14(12)8-9/h5,9,11-12,14H,4,6-8H2,1-3H3/b10-5-/t9-,11+,12-,14-/m1/s1. The molecule has 1 aliphatic carbocycles. The molecular weight excluding hydrogens is 228 g/mol. The molecule has 0 amide bonds. The second kappa shape index (κ2) is 5.25. The van der Waals surface area contributed by atoms with Crippen LogP contribution in [-0.2, 0) is 14.3 Å². The Hall–Kier alpha value is -1.12. The molecule has 0 N–H and O–H groups in total. The molecule has 1 saturated heterocycles. The third-order valence-corrected chi connectivity index (χ3v) is 4.39. The van der Waals surface area contributed by atoms with Gasteiger partial charge in [0, 0.05) is 12.3 Å². The minimum absolute atomic E-state index is 0.0409. The van der Waals surface area contributed by atoms with Gasteiger partial charge in [-0.15, -0.1) is 0 Å². The summed E-state index contributed by atoms with van der Waals surface area (Å²) in [6, 6.07) is 0. The van der Waals surface area contributed by atoms with E-state index in [4.69, 9.17) is 4.74 Å². The molecule has 1 heterocycles. The van der Waals surface area contributed by atoms with Crippen molar-refractivity contribution in [1.29, 1.82) is 0 Å². The number of allylic oxidation sites excluding steroid dienone is 2. The van der Waals surface area contributed by atoms with E-state index in [9.17, 15) is 9.59 Å². The monoisotopic (exact) mass is 250 g/mol. The Morgan fingerprint density at radius 3 is 2.72 bits per heavy atom. The van der Waals surface area contributed by atoms with Crippen molar-refractivity contribution in [2.24, 2.45) is 17.8 Å². The number of esters is 1. The average molecular weight is 250 g/mol. The van der Waals surface area contributed by atoms with Crippen molar-refractivity contribution in [1.82, 2.24) is 0 Å². The van der Waals surface area contributed by atoms with E-state index in [0.29, 0.717) is 12.3 Å². The molecule has 3 nitrogen and oxygen atoms in total. The molecule has 0 aromatic rings. The van der Waals surface area contributed by atoms with E-state index in [1.807, 2.05) is 19.9 Å². The molecule has 3 heteroatoms. The van der Waals surface area contributed by atoms with Crippen molar-refractivity contribution >= 4 is 11.8 Å². The second-order valence-electron chi connectivity index (χ2n) is 5.85. The zero-order chi connectivity index (χ0) is 13.3. The summed E-state index contributed by atoms with van der Waals surface area (Å²) in [6.45, 7) is 5.96. The zero-order valence-electron chi connectivity index (χ0n) is 11.4. The third-order valence-electron chi connectivity index (χ3n) is 4.39. The van der Waals surface area contributed by atoms with Crippen LogP contribution in [0.2, 0.25) is 0 Å². The van der Waals surface area contributed by atoms with Gasteiger partial charge in [0.25, 0.3) is 0 Å². The Bertz CT molecular complexity index is 383. The molecule has 0 radical (unpaired) electrons. The van der Waals surface area contributed by atoms with Gasteiger partial charge >= 0.3 is 5.97 Å². The minimum Gasteiger partial charge on any atom is -0.462 e. The molecular formula is C15H22O3. The van der Waals surface area contributed by atoms with Crippen LogP contribution in [0, 0.1) is 17.8 Å². The lowest BCUT2D eigenvalue weighted by molar-refractivity contribution is -0.144. The van der Waals surface area contributed by atoms with Crippen LogP contribution in [0.1, 0.15) is 46.5 Å². The van der Waals surface area contributed by atoms with E-state index in [1.165, 1.54) is 0 Å². The van der Waals surface area contributed by atoms with Gasteiger partial charge in [-0.1, -0.05) is 19.9 Å². The largest absolute Gasteiger partial charge is 0.462 e. The van der Waals surface area contributed by atoms with Gasteiger partial charge in [-0.05, 0) is 37.7 Å². The minimum atomic E-state index is -0.0752. The Morgan fingerprint density at radius 2 is 2.00 bits per heavy atom. The highest BCUT2D eigenvalue weighted by Gasteiger charge is 2.41. The fourth-order valence-electron chi connectivity index (χ4n) is 2.94. The summed E-state index contributed by atoms with van der Waals surface area (Å²) in [5, 5.41) is 0. The molecule has 0 aromatic heterocycles. The van der Waals surface area contributed by atoms with Crippen LogP contribution >= 0.6 is 0 Å². The Labute approximate surface area is 109 Å². The lowest BCUT2D eigenvalue weighted by atomic mass is 9.82. The first kappa shape index (κ1) is 13.3. The first-order chi connectivity index (χ1) is 8.49. The zero-order valence-corrected chi connectivity index (χ0v) is 11.4. The first-order valence-corrected chi connectivity index (χ1v) is 6.89. The number of fused-ring (bicyclic) bond motifs is 1. The topological polar surface area (TPSA) is 43.4 Å². The van der Waals surface area contributed by atoms with E-state index in [2.05, 4.69) is 6.92 Å². The molecule has 0 saturated carbocycles. The smallest absolute Gasteiger partial charge is 0.309 e. The van der Waals surface area contributed by atoms with E-state index in [1.54, 1.807) is 0 Å². The first-order valence-electron chi connectivity index (χ1n) is 6.89. The fraction of sp³-hybridized carbons (Fsp3) is 0.733. The molecule has 0 bridgehead atoms. The van der Waals surface area contributed by atoms with E-state index >= 15 is 0 Å². The molecule has 4 atom stereocenters. The highest BCUT2D eigenvalue weighted by molar-refractivity contribution is 5.94.